The van der Waals surface area contributed by atoms with Crippen molar-refractivity contribution in [1.29, 1.82) is 0 Å². The molecule has 286 valence electrons. The van der Waals surface area contributed by atoms with Crippen molar-refractivity contribution in [2.75, 3.05) is 53.7 Å². The van der Waals surface area contributed by atoms with Crippen LogP contribution in [0.3, 0.4) is 0 Å². The molecule has 1 atom stereocenters. The molecular weight excluding hydrogens is 682 g/mol. The van der Waals surface area contributed by atoms with Crippen molar-refractivity contribution in [3.05, 3.63) is 129 Å². The quantitative estimate of drug-likeness (QED) is 0.0958. The van der Waals surface area contributed by atoms with Crippen molar-refractivity contribution < 1.29 is 38.4 Å². The van der Waals surface area contributed by atoms with Crippen LogP contribution in [0.1, 0.15) is 50.3 Å². The summed E-state index contributed by atoms with van der Waals surface area (Å²) in [5.74, 6) is -0.501. The van der Waals surface area contributed by atoms with Crippen molar-refractivity contribution >= 4 is 11.9 Å². The third-order valence-electron chi connectivity index (χ3n) is 8.56. The van der Waals surface area contributed by atoms with Crippen LogP contribution in [0.15, 0.2) is 101 Å². The van der Waals surface area contributed by atoms with Gasteiger partial charge in [0, 0.05) is 12.3 Å². The van der Waals surface area contributed by atoms with Crippen LogP contribution in [0, 0.1) is 0 Å². The van der Waals surface area contributed by atoms with Crippen LogP contribution >= 0.6 is 0 Å². The number of nitrogens with one attached hydrogen (secondary N) is 1. The maximum absolute atomic E-state index is 12.3. The molecule has 1 aromatic heterocycles. The topological polar surface area (TPSA) is 159 Å². The molecule has 13 nitrogen and oxygen atoms in total. The summed E-state index contributed by atoms with van der Waals surface area (Å²) in [6.07, 6.45) is -0.147. The fourth-order valence-electron chi connectivity index (χ4n) is 5.51. The Kier molecular flexibility index (Phi) is 17.5. The van der Waals surface area contributed by atoms with Crippen LogP contribution in [0.5, 0.6) is 11.5 Å². The number of carboxylic acid groups (broad SMARTS) is 1. The fourth-order valence-corrected chi connectivity index (χ4v) is 5.51. The maximum atomic E-state index is 12.3. The number of H-pyrrole nitrogens is 1. The number of nitrogens with zero attached hydrogens (tertiary/aromatic N) is 2. The lowest BCUT2D eigenvalue weighted by Gasteiger charge is -2.37. The van der Waals surface area contributed by atoms with Crippen LogP contribution < -0.4 is 20.7 Å². The van der Waals surface area contributed by atoms with E-state index < -0.39 is 34.9 Å². The lowest BCUT2D eigenvalue weighted by atomic mass is 9.80. The highest BCUT2D eigenvalue weighted by molar-refractivity contribution is 5.76. The molecule has 2 N–H and O–H groups in total. The van der Waals surface area contributed by atoms with Gasteiger partial charge in [0.1, 0.15) is 29.8 Å². The number of hydrogen-bond acceptors (Lipinski definition) is 10. The number of aromatic amines is 1. The number of carboxylic acids is 1. The second-order valence-electron chi connectivity index (χ2n) is 11.8. The Bertz CT molecular complexity index is 1730. The summed E-state index contributed by atoms with van der Waals surface area (Å²) in [5, 5.41) is 8.95. The fraction of sp³-hybridized carbons (Fsp3) is 0.400. The van der Waals surface area contributed by atoms with E-state index in [1.165, 1.54) is 36.5 Å². The Morgan fingerprint density at radius 2 is 1.32 bits per heavy atom. The van der Waals surface area contributed by atoms with Gasteiger partial charge >= 0.3 is 17.6 Å². The van der Waals surface area contributed by atoms with E-state index in [4.69, 9.17) is 28.8 Å². The van der Waals surface area contributed by atoms with E-state index in [0.717, 1.165) is 16.7 Å². The Hall–Kier alpha value is -5.24. The number of hydrogen-bond donors (Lipinski definition) is 2. The molecule has 3 aromatic carbocycles. The van der Waals surface area contributed by atoms with E-state index in [-0.39, 0.29) is 39.2 Å². The highest BCUT2D eigenvalue weighted by atomic mass is 16.6. The van der Waals surface area contributed by atoms with E-state index >= 15 is 0 Å². The Balaban J connectivity index is 0.000000980. The third kappa shape index (κ3) is 12.7. The number of carbonyl (C=O) groups excluding carboxylic acids is 1. The molecular formula is C40H51N3O10. The van der Waals surface area contributed by atoms with Crippen LogP contribution in [0.25, 0.3) is 0 Å². The van der Waals surface area contributed by atoms with Gasteiger partial charge in [0.2, 0.25) is 0 Å². The Morgan fingerprint density at radius 1 is 0.774 bits per heavy atom. The average Bonchev–Trinajstić information content (AvgIpc) is 3.18. The molecule has 0 unspecified atom stereocenters. The molecule has 0 aliphatic rings. The minimum Gasteiger partial charge on any atom is -0.497 e. The molecule has 0 saturated carbocycles. The predicted molar refractivity (Wildman–Crippen MR) is 201 cm³/mol. The van der Waals surface area contributed by atoms with E-state index in [9.17, 15) is 19.2 Å². The zero-order valence-corrected chi connectivity index (χ0v) is 31.1. The van der Waals surface area contributed by atoms with Gasteiger partial charge in [-0.25, -0.2) is 4.79 Å². The summed E-state index contributed by atoms with van der Waals surface area (Å²) in [6.45, 7) is 9.91. The molecule has 0 amide bonds. The second kappa shape index (κ2) is 22.0. The van der Waals surface area contributed by atoms with Gasteiger partial charge in [-0.3, -0.25) is 23.9 Å². The summed E-state index contributed by atoms with van der Waals surface area (Å²) >= 11 is 0. The number of esters is 1. The first-order valence-corrected chi connectivity index (χ1v) is 17.6. The summed E-state index contributed by atoms with van der Waals surface area (Å²) in [4.78, 5) is 51.5. The van der Waals surface area contributed by atoms with Crippen LogP contribution in [0.2, 0.25) is 0 Å². The number of rotatable bonds is 20. The van der Waals surface area contributed by atoms with Gasteiger partial charge in [0.15, 0.2) is 0 Å². The molecule has 53 heavy (non-hydrogen) atoms. The zero-order valence-electron chi connectivity index (χ0n) is 31.1. The predicted octanol–water partition coefficient (Wildman–Crippen LogP) is 4.70. The normalized spacial score (nSPS) is 11.7. The lowest BCUT2D eigenvalue weighted by molar-refractivity contribution is -0.154. The van der Waals surface area contributed by atoms with Crippen molar-refractivity contribution in [2.45, 2.75) is 51.9 Å². The molecule has 0 spiro atoms. The second-order valence-corrected chi connectivity index (χ2v) is 11.8. The third-order valence-corrected chi connectivity index (χ3v) is 8.56. The van der Waals surface area contributed by atoms with E-state index in [0.29, 0.717) is 11.5 Å². The molecule has 4 aromatic rings. The SMILES string of the molecule is CCN(CC)CC.COc1ccc(C(OC[C@H](COC(=O)CCC(=O)O)OCCn2ccc(=O)[nH]c2=O)(c2ccccc2)c2ccc(OC)cc2)cc1. The summed E-state index contributed by atoms with van der Waals surface area (Å²) in [6, 6.07) is 25.8. The highest BCUT2D eigenvalue weighted by Crippen LogP contribution is 2.41. The largest absolute Gasteiger partial charge is 0.497 e. The molecule has 0 fully saturated rings. The van der Waals surface area contributed by atoms with Gasteiger partial charge in [-0.1, -0.05) is 75.4 Å². The van der Waals surface area contributed by atoms with Crippen molar-refractivity contribution in [1.82, 2.24) is 14.5 Å². The molecule has 0 saturated heterocycles. The number of aliphatic carboxylic acids is 1. The molecule has 0 aliphatic carbocycles. The number of benzene rings is 3. The minimum atomic E-state index is -1.18. The van der Waals surface area contributed by atoms with E-state index in [1.54, 1.807) is 14.2 Å². The number of methoxy groups -OCH3 is 2. The van der Waals surface area contributed by atoms with Gasteiger partial charge in [0.05, 0.1) is 46.8 Å². The van der Waals surface area contributed by atoms with E-state index in [1.807, 2.05) is 78.9 Å². The standard InChI is InChI=1S/C34H36N2O10.C6H15N/c1-42-27-12-8-25(9-13-27)34(24-6-4-3-5-7-24,26-10-14-28(43-2)15-11-26)46-23-29(22-45-32(40)17-16-31(38)39)44-21-20-36-19-18-30(37)35-33(36)41;1-4-7(5-2)6-3/h3-15,18-19,29H,16-17,20-23H2,1-2H3,(H,38,39)(H,35,37,41);4-6H2,1-3H3/t29-;/m0./s1. The minimum absolute atomic E-state index is 0.00998. The number of aromatic nitrogens is 2. The van der Waals surface area contributed by atoms with Crippen LogP contribution in [0.4, 0.5) is 0 Å². The molecule has 1 heterocycles. The zero-order chi connectivity index (χ0) is 38.6. The first kappa shape index (κ1) is 42.2. The molecule has 4 rings (SSSR count). The monoisotopic (exact) mass is 733 g/mol. The first-order valence-electron chi connectivity index (χ1n) is 17.6. The molecule has 0 bridgehead atoms. The Morgan fingerprint density at radius 3 is 1.79 bits per heavy atom. The van der Waals surface area contributed by atoms with Gasteiger partial charge in [-0.05, 0) is 60.6 Å². The Labute approximate surface area is 310 Å². The first-order chi connectivity index (χ1) is 25.6. The van der Waals surface area contributed by atoms with Crippen LogP contribution in [-0.4, -0.2) is 91.3 Å². The van der Waals surface area contributed by atoms with Crippen molar-refractivity contribution in [3.63, 3.8) is 0 Å². The van der Waals surface area contributed by atoms with Crippen LogP contribution in [-0.2, 0) is 35.9 Å². The number of carbonyl (C=O) groups is 2. The lowest BCUT2D eigenvalue weighted by Crippen LogP contribution is -2.38. The molecule has 13 heteroatoms. The van der Waals surface area contributed by atoms with E-state index in [2.05, 4.69) is 30.7 Å². The van der Waals surface area contributed by atoms with Gasteiger partial charge in [-0.2, -0.15) is 0 Å². The van der Waals surface area contributed by atoms with Gasteiger partial charge in [-0.15, -0.1) is 0 Å². The smallest absolute Gasteiger partial charge is 0.328 e. The molecule has 0 radical (unpaired) electrons. The van der Waals surface area contributed by atoms with Crippen molar-refractivity contribution in [2.24, 2.45) is 0 Å². The summed E-state index contributed by atoms with van der Waals surface area (Å²) < 4.78 is 30.4. The number of ether oxygens (including phenoxy) is 5. The summed E-state index contributed by atoms with van der Waals surface area (Å²) in [7, 11) is 3.17. The highest BCUT2D eigenvalue weighted by Gasteiger charge is 2.39. The summed E-state index contributed by atoms with van der Waals surface area (Å²) in [5.41, 5.74) is 0.0812. The van der Waals surface area contributed by atoms with Crippen molar-refractivity contribution in [3.8, 4) is 11.5 Å². The van der Waals surface area contributed by atoms with Gasteiger partial charge < -0.3 is 33.7 Å². The average molecular weight is 734 g/mol. The van der Waals surface area contributed by atoms with Gasteiger partial charge in [0.25, 0.3) is 5.56 Å². The molecule has 0 aliphatic heterocycles. The maximum Gasteiger partial charge on any atom is 0.328 e.